The van der Waals surface area contributed by atoms with Gasteiger partial charge in [0.05, 0.1) is 4.91 Å². The van der Waals surface area contributed by atoms with E-state index in [0.717, 1.165) is 24.2 Å². The third-order valence-corrected chi connectivity index (χ3v) is 6.29. The Kier molecular flexibility index (Phi) is 7.50. The zero-order chi connectivity index (χ0) is 21.7. The maximum Gasteiger partial charge on any atom is 0.303 e. The molecule has 0 bridgehead atoms. The summed E-state index contributed by atoms with van der Waals surface area (Å²) >= 11 is 6.62. The van der Waals surface area contributed by atoms with Crippen LogP contribution in [0, 0.1) is 0 Å². The molecule has 30 heavy (non-hydrogen) atoms. The molecule has 2 heterocycles. The lowest BCUT2D eigenvalue weighted by molar-refractivity contribution is -0.137. The van der Waals surface area contributed by atoms with Crippen LogP contribution in [0.1, 0.15) is 56.8 Å². The molecule has 1 amide bonds. The van der Waals surface area contributed by atoms with Crippen LogP contribution >= 0.6 is 24.0 Å². The summed E-state index contributed by atoms with van der Waals surface area (Å²) in [5, 5.41) is 8.69. The van der Waals surface area contributed by atoms with Crippen LogP contribution < -0.4 is 0 Å². The molecule has 1 aliphatic rings. The maximum atomic E-state index is 12.7. The molecule has 0 unspecified atom stereocenters. The number of carboxylic acid groups (broad SMARTS) is 1. The number of rotatable bonds is 9. The standard InChI is InChI=1S/C23H25NO4S2/c1-15(2)16-7-9-17(10-8-16)19-12-11-18(28-19)14-20-22(27)24(23(29)30-20)13-5-3-4-6-21(25)26/h7-12,14-15H,3-6,13H2,1-2H3,(H,25,26)/b20-14-. The van der Waals surface area contributed by atoms with E-state index in [1.807, 2.05) is 24.3 Å². The highest BCUT2D eigenvalue weighted by Gasteiger charge is 2.31. The molecule has 5 nitrogen and oxygen atoms in total. The van der Waals surface area contributed by atoms with Crippen molar-refractivity contribution >= 4 is 46.3 Å². The lowest BCUT2D eigenvalue weighted by atomic mass is 10.0. The summed E-state index contributed by atoms with van der Waals surface area (Å²) in [5.74, 6) is 0.926. The van der Waals surface area contributed by atoms with E-state index in [0.29, 0.717) is 33.9 Å². The van der Waals surface area contributed by atoms with Gasteiger partial charge in [0.15, 0.2) is 0 Å². The van der Waals surface area contributed by atoms with Gasteiger partial charge in [-0.25, -0.2) is 0 Å². The summed E-state index contributed by atoms with van der Waals surface area (Å²) in [5.41, 5.74) is 2.27. The molecule has 1 saturated heterocycles. The van der Waals surface area contributed by atoms with Gasteiger partial charge in [-0.15, -0.1) is 0 Å². The first-order valence-corrected chi connectivity index (χ1v) is 11.2. The fraction of sp³-hybridized carbons (Fsp3) is 0.348. The molecule has 0 saturated carbocycles. The molecule has 0 atom stereocenters. The number of benzene rings is 1. The van der Waals surface area contributed by atoms with Crippen LogP contribution in [0.15, 0.2) is 45.7 Å². The van der Waals surface area contributed by atoms with Crippen LogP contribution in [0.5, 0.6) is 0 Å². The van der Waals surface area contributed by atoms with E-state index in [2.05, 4.69) is 26.0 Å². The van der Waals surface area contributed by atoms with Crippen LogP contribution in [0.3, 0.4) is 0 Å². The number of aliphatic carboxylic acids is 1. The molecule has 7 heteroatoms. The second-order valence-corrected chi connectivity index (χ2v) is 9.19. The van der Waals surface area contributed by atoms with Crippen molar-refractivity contribution in [2.45, 2.75) is 45.4 Å². The smallest absolute Gasteiger partial charge is 0.303 e. The molecule has 3 rings (SSSR count). The van der Waals surface area contributed by atoms with Crippen molar-refractivity contribution in [1.82, 2.24) is 4.90 Å². The normalized spacial score (nSPS) is 15.6. The minimum absolute atomic E-state index is 0.123. The van der Waals surface area contributed by atoms with E-state index in [4.69, 9.17) is 21.7 Å². The van der Waals surface area contributed by atoms with Gasteiger partial charge in [0.25, 0.3) is 5.91 Å². The van der Waals surface area contributed by atoms with E-state index < -0.39 is 5.97 Å². The largest absolute Gasteiger partial charge is 0.481 e. The summed E-state index contributed by atoms with van der Waals surface area (Å²) in [6, 6.07) is 12.0. The Bertz CT molecular complexity index is 960. The zero-order valence-corrected chi connectivity index (χ0v) is 18.7. The van der Waals surface area contributed by atoms with Crippen LogP contribution in [0.2, 0.25) is 0 Å². The number of amides is 1. The second kappa shape index (κ2) is 10.1. The van der Waals surface area contributed by atoms with Crippen molar-refractivity contribution in [1.29, 1.82) is 0 Å². The number of furan rings is 1. The highest BCUT2D eigenvalue weighted by molar-refractivity contribution is 8.26. The molecular formula is C23H25NO4S2. The highest BCUT2D eigenvalue weighted by atomic mass is 32.2. The quantitative estimate of drug-likeness (QED) is 0.295. The second-order valence-electron chi connectivity index (χ2n) is 7.52. The number of thioether (sulfide) groups is 1. The fourth-order valence-electron chi connectivity index (χ4n) is 3.16. The van der Waals surface area contributed by atoms with Gasteiger partial charge in [0.2, 0.25) is 0 Å². The molecule has 1 fully saturated rings. The summed E-state index contributed by atoms with van der Waals surface area (Å²) in [6.07, 6.45) is 3.96. The molecule has 2 aromatic rings. The number of unbranched alkanes of at least 4 members (excludes halogenated alkanes) is 2. The fourth-order valence-corrected chi connectivity index (χ4v) is 4.45. The number of thiocarbonyl (C=S) groups is 1. The molecule has 1 aromatic carbocycles. The molecule has 1 aromatic heterocycles. The van der Waals surface area contributed by atoms with E-state index in [1.165, 1.54) is 17.3 Å². The Morgan fingerprint density at radius 1 is 1.17 bits per heavy atom. The van der Waals surface area contributed by atoms with Gasteiger partial charge in [0.1, 0.15) is 15.8 Å². The third kappa shape index (κ3) is 5.61. The first-order valence-electron chi connectivity index (χ1n) is 10.0. The minimum Gasteiger partial charge on any atom is -0.481 e. The summed E-state index contributed by atoms with van der Waals surface area (Å²) in [6.45, 7) is 4.83. The topological polar surface area (TPSA) is 70.8 Å². The summed E-state index contributed by atoms with van der Waals surface area (Å²) < 4.78 is 6.46. The molecule has 1 aliphatic heterocycles. The molecule has 0 spiro atoms. The maximum absolute atomic E-state index is 12.7. The Morgan fingerprint density at radius 3 is 2.57 bits per heavy atom. The van der Waals surface area contributed by atoms with Gasteiger partial charge in [0, 0.05) is 24.6 Å². The number of hydrogen-bond donors (Lipinski definition) is 1. The first kappa shape index (κ1) is 22.3. The molecular weight excluding hydrogens is 418 g/mol. The van der Waals surface area contributed by atoms with Gasteiger partial charge in [-0.1, -0.05) is 68.5 Å². The number of hydrogen-bond acceptors (Lipinski definition) is 5. The van der Waals surface area contributed by atoms with Gasteiger partial charge in [-0.2, -0.15) is 0 Å². The van der Waals surface area contributed by atoms with Crippen LogP contribution in [0.25, 0.3) is 17.4 Å². The highest BCUT2D eigenvalue weighted by Crippen LogP contribution is 2.34. The summed E-state index contributed by atoms with van der Waals surface area (Å²) in [4.78, 5) is 25.4. The van der Waals surface area contributed by atoms with Crippen molar-refractivity contribution in [3.8, 4) is 11.3 Å². The van der Waals surface area contributed by atoms with Crippen molar-refractivity contribution in [2.75, 3.05) is 6.54 Å². The Hall–Kier alpha value is -2.38. The summed E-state index contributed by atoms with van der Waals surface area (Å²) in [7, 11) is 0. The van der Waals surface area contributed by atoms with Crippen molar-refractivity contribution in [2.24, 2.45) is 0 Å². The van der Waals surface area contributed by atoms with E-state index >= 15 is 0 Å². The monoisotopic (exact) mass is 443 g/mol. The van der Waals surface area contributed by atoms with E-state index in [-0.39, 0.29) is 12.3 Å². The van der Waals surface area contributed by atoms with Crippen molar-refractivity contribution < 1.29 is 19.1 Å². The van der Waals surface area contributed by atoms with Gasteiger partial charge >= 0.3 is 5.97 Å². The first-order chi connectivity index (χ1) is 14.3. The van der Waals surface area contributed by atoms with Crippen LogP contribution in [-0.2, 0) is 9.59 Å². The Morgan fingerprint density at radius 2 is 1.90 bits per heavy atom. The van der Waals surface area contributed by atoms with Crippen LogP contribution in [0.4, 0.5) is 0 Å². The van der Waals surface area contributed by atoms with Gasteiger partial charge in [-0.05, 0) is 36.5 Å². The minimum atomic E-state index is -0.794. The Labute approximate surface area is 186 Å². The Balaban J connectivity index is 1.62. The number of carbonyl (C=O) groups is 2. The lowest BCUT2D eigenvalue weighted by Crippen LogP contribution is -2.29. The zero-order valence-electron chi connectivity index (χ0n) is 17.1. The van der Waals surface area contributed by atoms with Crippen LogP contribution in [-0.4, -0.2) is 32.7 Å². The van der Waals surface area contributed by atoms with Gasteiger partial charge in [-0.3, -0.25) is 14.5 Å². The lowest BCUT2D eigenvalue weighted by Gasteiger charge is -2.13. The molecule has 0 aliphatic carbocycles. The molecule has 158 valence electrons. The average Bonchev–Trinajstić information content (AvgIpc) is 3.27. The van der Waals surface area contributed by atoms with E-state index in [9.17, 15) is 9.59 Å². The predicted octanol–water partition coefficient (Wildman–Crippen LogP) is 5.92. The van der Waals surface area contributed by atoms with E-state index in [1.54, 1.807) is 11.0 Å². The number of nitrogens with zero attached hydrogens (tertiary/aromatic N) is 1. The third-order valence-electron chi connectivity index (χ3n) is 4.91. The SMILES string of the molecule is CC(C)c1ccc(-c2ccc(/C=C3\SC(=S)N(CCCCCC(=O)O)C3=O)o2)cc1. The predicted molar refractivity (Wildman–Crippen MR) is 124 cm³/mol. The molecule has 0 radical (unpaired) electrons. The number of carboxylic acids is 1. The van der Waals surface area contributed by atoms with Gasteiger partial charge < -0.3 is 9.52 Å². The van der Waals surface area contributed by atoms with Crippen molar-refractivity contribution in [3.63, 3.8) is 0 Å². The van der Waals surface area contributed by atoms with Crippen molar-refractivity contribution in [3.05, 3.63) is 52.6 Å². The average molecular weight is 444 g/mol. The molecule has 1 N–H and O–H groups in total. The number of carbonyl (C=O) groups excluding carboxylic acids is 1.